The number of nitrogens with two attached hydrogens (primary N) is 1. The number of carbonyl (C=O) groups excluding carboxylic acids is 15. The van der Waals surface area contributed by atoms with Crippen LogP contribution in [0.3, 0.4) is 0 Å². The van der Waals surface area contributed by atoms with E-state index in [-0.39, 0.29) is 291 Å². The maximum Gasteiger partial charge on any atom is 0.306 e. The number of esters is 9. The van der Waals surface area contributed by atoms with Gasteiger partial charge in [-0.3, -0.25) is 71.9 Å². The average Bonchev–Trinajstić information content (AvgIpc) is 0.844. The molecule has 0 spiro atoms. The molecule has 140 heavy (non-hydrogen) atoms. The van der Waals surface area contributed by atoms with Crippen LogP contribution in [0, 0.1) is 0 Å². The van der Waals surface area contributed by atoms with E-state index in [1.165, 1.54) is 0 Å². The summed E-state index contributed by atoms with van der Waals surface area (Å²) in [6.07, 6.45) is -0.865. The molecule has 0 radical (unpaired) electrons. The first-order valence-electron chi connectivity index (χ1n) is 49.1. The predicted molar refractivity (Wildman–Crippen MR) is 519 cm³/mol. The van der Waals surface area contributed by atoms with Crippen LogP contribution in [-0.2, 0) is 157 Å². The Morgan fingerprint density at radius 1 is 0.179 bits per heavy atom. The molecule has 0 heterocycles. The first-order valence-corrected chi connectivity index (χ1v) is 49.1. The van der Waals surface area contributed by atoms with E-state index in [2.05, 4.69) is 31.9 Å². The molecule has 0 aromatic carbocycles. The summed E-state index contributed by atoms with van der Waals surface area (Å²) in [4.78, 5) is 198. The summed E-state index contributed by atoms with van der Waals surface area (Å²) in [5.74, 6) is -7.57. The van der Waals surface area contributed by atoms with E-state index in [9.17, 15) is 71.9 Å². The van der Waals surface area contributed by atoms with Gasteiger partial charge in [-0.05, 0) is 264 Å². The van der Waals surface area contributed by atoms with Gasteiger partial charge in [-0.1, -0.05) is 0 Å². The highest BCUT2D eigenvalue weighted by molar-refractivity contribution is 5.82. The Labute approximate surface area is 832 Å². The van der Waals surface area contributed by atoms with Crippen molar-refractivity contribution in [2.45, 2.75) is 414 Å². The van der Waals surface area contributed by atoms with Gasteiger partial charge in [0.25, 0.3) is 0 Å². The van der Waals surface area contributed by atoms with Gasteiger partial charge in [0.1, 0.15) is 70.2 Å². The van der Waals surface area contributed by atoms with Gasteiger partial charge in [0.15, 0.2) is 0 Å². The van der Waals surface area contributed by atoms with E-state index in [1.807, 2.05) is 0 Å². The minimum atomic E-state index is -1.25. The fourth-order valence-corrected chi connectivity index (χ4v) is 13.6. The van der Waals surface area contributed by atoms with Crippen LogP contribution in [0.15, 0.2) is 0 Å². The molecule has 6 amide bonds. The lowest BCUT2D eigenvalue weighted by Crippen LogP contribution is -2.51. The minimum Gasteiger partial charge on any atom is -0.460 e. The first-order chi connectivity index (χ1) is 64.4. The van der Waals surface area contributed by atoms with Crippen LogP contribution in [0.1, 0.15) is 341 Å². The lowest BCUT2D eigenvalue weighted by atomic mass is 9.83. The van der Waals surface area contributed by atoms with Crippen molar-refractivity contribution in [1.82, 2.24) is 31.9 Å². The number of carbonyl (C=O) groups is 15. The second-order valence-corrected chi connectivity index (χ2v) is 44.0. The van der Waals surface area contributed by atoms with Crippen molar-refractivity contribution in [1.29, 1.82) is 0 Å². The van der Waals surface area contributed by atoms with Gasteiger partial charge in [0, 0.05) is 119 Å². The molecule has 0 bridgehead atoms. The fraction of sp³-hybridized carbons (Fsp3) is 0.850. The summed E-state index contributed by atoms with van der Waals surface area (Å²) in [5.41, 5.74) is -5.05. The SMILES string of the molecule is CC(C)(C)OC(=O)CCC(CCC(=O)OC(C)(C)C)(CCC(=O)OC(C)(C)C)NC(=O)COCCOCCOCCNC(=O)CCC(N)(CCC(=O)NCCOCCOCCOCC(=O)NC(CCC(=O)OC(C)(C)C)(CCC(=O)OC(C)(C)C)CCC(=O)OC(C)(C)C)CCC(=O)NCCOCCOCCOCC(=O)NC(CCC(=O)OC(C)(C)C)(CCC(=O)OC(C)(C)C)CCC(=O)OC(C)(C)C. The number of ether oxygens (including phenoxy) is 18. The van der Waals surface area contributed by atoms with Crippen LogP contribution >= 0.6 is 0 Å². The normalized spacial score (nSPS) is 12.7. The number of hydrogen-bond donors (Lipinski definition) is 7. The maximum absolute atomic E-state index is 13.6. The van der Waals surface area contributed by atoms with Crippen molar-refractivity contribution in [3.8, 4) is 0 Å². The largest absolute Gasteiger partial charge is 0.460 e. The van der Waals surface area contributed by atoms with E-state index in [0.29, 0.717) is 0 Å². The Morgan fingerprint density at radius 3 is 0.457 bits per heavy atom. The van der Waals surface area contributed by atoms with Gasteiger partial charge >= 0.3 is 53.7 Å². The van der Waals surface area contributed by atoms with E-state index < -0.39 is 164 Å². The van der Waals surface area contributed by atoms with Gasteiger partial charge in [-0.2, -0.15) is 0 Å². The number of nitrogens with one attached hydrogen (secondary N) is 6. The molecular weight excluding hydrogens is 1830 g/mol. The molecule has 0 aliphatic rings. The monoisotopic (exact) mass is 2010 g/mol. The van der Waals surface area contributed by atoms with Gasteiger partial charge < -0.3 is 123 Å². The van der Waals surface area contributed by atoms with Gasteiger partial charge in [-0.15, -0.1) is 0 Å². The molecule has 8 N–H and O–H groups in total. The zero-order valence-corrected chi connectivity index (χ0v) is 89.9. The van der Waals surface area contributed by atoms with Crippen molar-refractivity contribution in [3.05, 3.63) is 0 Å². The zero-order valence-electron chi connectivity index (χ0n) is 89.9. The quantitative estimate of drug-likeness (QED) is 0.0169. The van der Waals surface area contributed by atoms with Crippen molar-refractivity contribution < 1.29 is 157 Å². The lowest BCUT2D eigenvalue weighted by molar-refractivity contribution is -0.158. The third-order valence-electron chi connectivity index (χ3n) is 19.5. The van der Waals surface area contributed by atoms with Crippen LogP contribution in [-0.4, -0.2) is 300 Å². The van der Waals surface area contributed by atoms with Crippen molar-refractivity contribution in [2.75, 3.05) is 139 Å². The highest BCUT2D eigenvalue weighted by Crippen LogP contribution is 2.34. The molecule has 0 saturated heterocycles. The molecule has 40 heteroatoms. The Balaban J connectivity index is 5.97. The van der Waals surface area contributed by atoms with Crippen molar-refractivity contribution in [3.63, 3.8) is 0 Å². The van der Waals surface area contributed by atoms with Gasteiger partial charge in [0.2, 0.25) is 35.4 Å². The zero-order chi connectivity index (χ0) is 107. The van der Waals surface area contributed by atoms with E-state index in [0.717, 1.165) is 0 Å². The summed E-state index contributed by atoms with van der Waals surface area (Å²) < 4.78 is 101. The van der Waals surface area contributed by atoms with E-state index >= 15 is 0 Å². The topological polar surface area (TPSA) is 520 Å². The Kier molecular flexibility index (Phi) is 61.2. The second kappa shape index (κ2) is 65.1. The average molecular weight is 2010 g/mol. The Morgan fingerprint density at radius 2 is 0.314 bits per heavy atom. The molecule has 40 nitrogen and oxygen atoms in total. The van der Waals surface area contributed by atoms with Gasteiger partial charge in [0.05, 0.1) is 99.1 Å². The summed E-state index contributed by atoms with van der Waals surface area (Å²) in [5, 5.41) is 17.3. The fourth-order valence-electron chi connectivity index (χ4n) is 13.6. The van der Waals surface area contributed by atoms with Crippen LogP contribution in [0.25, 0.3) is 0 Å². The van der Waals surface area contributed by atoms with Crippen molar-refractivity contribution >= 4 is 89.2 Å². The molecule has 0 atom stereocenters. The number of rotatable bonds is 72. The highest BCUT2D eigenvalue weighted by Gasteiger charge is 2.41. The molecule has 0 aromatic rings. The summed E-state index contributed by atoms with van der Waals surface area (Å²) in [6, 6.07) is 0. The van der Waals surface area contributed by atoms with Gasteiger partial charge in [-0.25, -0.2) is 0 Å². The molecule has 0 rings (SSSR count). The van der Waals surface area contributed by atoms with Crippen LogP contribution in [0.4, 0.5) is 0 Å². The predicted octanol–water partition coefficient (Wildman–Crippen LogP) is 10.2. The maximum atomic E-state index is 13.6. The third kappa shape index (κ3) is 78.2. The molecule has 0 aliphatic heterocycles. The third-order valence-corrected chi connectivity index (χ3v) is 19.5. The molecule has 0 aromatic heterocycles. The molecule has 0 saturated carbocycles. The summed E-state index contributed by atoms with van der Waals surface area (Å²) in [6.45, 7) is 47.1. The second-order valence-electron chi connectivity index (χ2n) is 44.0. The highest BCUT2D eigenvalue weighted by atomic mass is 16.6. The first kappa shape index (κ1) is 132. The Hall–Kier alpha value is -8.35. The summed E-state index contributed by atoms with van der Waals surface area (Å²) >= 11 is 0. The van der Waals surface area contributed by atoms with E-state index in [1.54, 1.807) is 187 Å². The molecular formula is C100H179N7O33. The summed E-state index contributed by atoms with van der Waals surface area (Å²) in [7, 11) is 0. The number of amides is 6. The van der Waals surface area contributed by atoms with Crippen LogP contribution in [0.5, 0.6) is 0 Å². The standard InChI is InChI=1S/C100H179N7O33/c1-88(2,3)132-79(114)31-43-98(44-32-80(115)133-89(4,5)6,45-33-81(116)134-90(7,8)9)105-76(111)70-129-67-64-126-61-58-123-55-52-102-73(108)28-40-97(101,41-29-74(109)103-53-56-124-59-62-127-65-68-130-71-77(112)106-99(46-34-82(117)135-91(10,11)12,47-35-83(118)136-92(13,14)15)48-36-84(119)137-93(16,17)18)42-30-75(110)104-54-57-125-60-63-128-66-69-131-72-78(113)107-100(49-37-85(120)138-94(19,20)21,50-38-86(121)139-95(22,23)24)51-39-87(122)140-96(25,26)27/h28-72,101H2,1-27H3,(H,102,108)(H,103,109)(H,104,110)(H,105,111)(H,106,112)(H,107,113). The van der Waals surface area contributed by atoms with E-state index in [4.69, 9.17) is 91.0 Å². The molecule has 0 fully saturated rings. The number of hydrogen-bond acceptors (Lipinski definition) is 34. The van der Waals surface area contributed by atoms with Crippen LogP contribution in [0.2, 0.25) is 0 Å². The lowest BCUT2D eigenvalue weighted by Gasteiger charge is -2.35. The smallest absolute Gasteiger partial charge is 0.306 e. The van der Waals surface area contributed by atoms with Crippen molar-refractivity contribution in [2.24, 2.45) is 5.73 Å². The molecule has 0 aliphatic carbocycles. The molecule has 812 valence electrons. The minimum absolute atomic E-state index is 0.00113. The Bertz CT molecular complexity index is 3120. The molecule has 0 unspecified atom stereocenters. The van der Waals surface area contributed by atoms with Crippen LogP contribution < -0.4 is 37.6 Å².